The lowest BCUT2D eigenvalue weighted by atomic mass is 9.86. The van der Waals surface area contributed by atoms with Gasteiger partial charge in [0.1, 0.15) is 6.61 Å². The molecule has 1 saturated heterocycles. The number of fused-ring (bicyclic) bond motifs is 1. The van der Waals surface area contributed by atoms with E-state index in [1.165, 1.54) is 0 Å². The van der Waals surface area contributed by atoms with Crippen LogP contribution in [0, 0.1) is 12.3 Å². The third-order valence-electron chi connectivity index (χ3n) is 3.75. The summed E-state index contributed by atoms with van der Waals surface area (Å²) in [5, 5.41) is 7.99. The van der Waals surface area contributed by atoms with Gasteiger partial charge in [0.2, 0.25) is 0 Å². The number of nitrogens with zero attached hydrogens (tertiary/aromatic N) is 2. The zero-order valence-electron chi connectivity index (χ0n) is 10.8. The van der Waals surface area contributed by atoms with Crippen molar-refractivity contribution in [3.8, 4) is 0 Å². The van der Waals surface area contributed by atoms with Crippen molar-refractivity contribution in [2.24, 2.45) is 15.6 Å². The van der Waals surface area contributed by atoms with Crippen LogP contribution in [0.3, 0.4) is 0 Å². The zero-order valence-corrected chi connectivity index (χ0v) is 11.6. The topological polar surface area (TPSA) is 68.1 Å². The van der Waals surface area contributed by atoms with E-state index in [-0.39, 0.29) is 6.61 Å². The van der Waals surface area contributed by atoms with Crippen LogP contribution in [0.15, 0.2) is 39.4 Å². The van der Waals surface area contributed by atoms with Crippen molar-refractivity contribution in [1.29, 1.82) is 0 Å². The molecule has 0 aromatic heterocycles. The van der Waals surface area contributed by atoms with Gasteiger partial charge in [-0.3, -0.25) is 4.21 Å². The van der Waals surface area contributed by atoms with Crippen LogP contribution in [-0.2, 0) is 20.3 Å². The number of cyclic esters (lactones) is 1. The van der Waals surface area contributed by atoms with E-state index in [0.717, 1.165) is 5.56 Å². The van der Waals surface area contributed by atoms with Crippen LogP contribution in [-0.4, -0.2) is 28.2 Å². The number of carbonyl (C=O) groups is 1. The van der Waals surface area contributed by atoms with E-state index in [0.29, 0.717) is 11.4 Å². The van der Waals surface area contributed by atoms with E-state index in [9.17, 15) is 9.00 Å². The van der Waals surface area contributed by atoms with Crippen LogP contribution in [0.2, 0.25) is 0 Å². The molecule has 5 nitrogen and oxygen atoms in total. The Morgan fingerprint density at radius 1 is 1.32 bits per heavy atom. The molecule has 19 heavy (non-hydrogen) atoms. The number of carbonyl (C=O) groups excluding carboxylic acids is 1. The van der Waals surface area contributed by atoms with Gasteiger partial charge in [-0.05, 0) is 19.1 Å². The second-order valence-corrected chi connectivity index (χ2v) is 6.86. The number of hydrogen-bond donors (Lipinski definition) is 0. The third-order valence-corrected chi connectivity index (χ3v) is 5.73. The molecule has 1 fully saturated rings. The molecule has 0 aliphatic carbocycles. The molecule has 2 aliphatic heterocycles. The summed E-state index contributed by atoms with van der Waals surface area (Å²) in [5.74, 6) is -0.532. The maximum atomic E-state index is 12.8. The normalized spacial score (nSPS) is 34.1. The van der Waals surface area contributed by atoms with Crippen LogP contribution >= 0.6 is 0 Å². The van der Waals surface area contributed by atoms with Crippen molar-refractivity contribution in [3.63, 3.8) is 0 Å². The number of benzene rings is 1. The summed E-state index contributed by atoms with van der Waals surface area (Å²) >= 11 is 0. The van der Waals surface area contributed by atoms with Crippen molar-refractivity contribution < 1.29 is 13.7 Å². The molecule has 0 radical (unpaired) electrons. The molecule has 100 valence electrons. The van der Waals surface area contributed by atoms with Crippen molar-refractivity contribution in [1.82, 2.24) is 0 Å². The molecule has 6 heteroatoms. The second-order valence-electron chi connectivity index (χ2n) is 5.26. The van der Waals surface area contributed by atoms with Gasteiger partial charge in [0, 0.05) is 4.90 Å². The lowest BCUT2D eigenvalue weighted by Crippen LogP contribution is -2.48. The van der Waals surface area contributed by atoms with Crippen LogP contribution in [0.1, 0.15) is 12.5 Å². The molecule has 2 heterocycles. The van der Waals surface area contributed by atoms with E-state index in [2.05, 4.69) is 10.2 Å². The summed E-state index contributed by atoms with van der Waals surface area (Å²) < 4.78 is 17.9. The van der Waals surface area contributed by atoms with E-state index in [4.69, 9.17) is 4.74 Å². The average molecular weight is 278 g/mol. The number of hydrogen-bond acceptors (Lipinski definition) is 5. The highest BCUT2D eigenvalue weighted by Crippen LogP contribution is 2.49. The fourth-order valence-corrected chi connectivity index (χ4v) is 4.08. The van der Waals surface area contributed by atoms with Gasteiger partial charge in [-0.25, -0.2) is 4.79 Å². The first kappa shape index (κ1) is 12.5. The number of ether oxygens (including phenoxy) is 1. The molecule has 0 saturated carbocycles. The van der Waals surface area contributed by atoms with Gasteiger partial charge < -0.3 is 4.74 Å². The minimum absolute atomic E-state index is 0.219. The fraction of sp³-hybridized carbons (Fsp3) is 0.462. The molecular formula is C13H14N2O3S. The molecule has 3 atom stereocenters. The van der Waals surface area contributed by atoms with Gasteiger partial charge in [0.25, 0.3) is 4.87 Å². The van der Waals surface area contributed by atoms with Crippen molar-refractivity contribution >= 4 is 16.8 Å². The van der Waals surface area contributed by atoms with Gasteiger partial charge >= 0.3 is 5.97 Å². The standard InChI is InChI=1S/C13H14N2O3S/c1-9-3-5-10(6-4-9)19(17)13-11(16)18-8-12(13,2)7-14-15-13/h3-6H,7-8H2,1-2H3/t12-,13-,19-/m0/s1. The Balaban J connectivity index is 2.09. The minimum atomic E-state index is -1.60. The van der Waals surface area contributed by atoms with Crippen molar-refractivity contribution in [2.75, 3.05) is 13.2 Å². The number of azo groups is 1. The second kappa shape index (κ2) is 3.96. The van der Waals surface area contributed by atoms with Gasteiger partial charge in [-0.1, -0.05) is 24.6 Å². The van der Waals surface area contributed by atoms with Gasteiger partial charge in [-0.2, -0.15) is 10.2 Å². The summed E-state index contributed by atoms with van der Waals surface area (Å²) in [6.07, 6.45) is 0. The molecule has 1 aromatic rings. The lowest BCUT2D eigenvalue weighted by molar-refractivity contribution is -0.140. The first-order chi connectivity index (χ1) is 8.99. The Kier molecular flexibility index (Phi) is 2.60. The average Bonchev–Trinajstić information content (AvgIpc) is 2.85. The van der Waals surface area contributed by atoms with Gasteiger partial charge in [0.15, 0.2) is 0 Å². The highest BCUT2D eigenvalue weighted by atomic mass is 32.2. The number of aryl methyl sites for hydroxylation is 1. The Bertz CT molecular complexity index is 598. The Hall–Kier alpha value is -1.56. The monoisotopic (exact) mass is 278 g/mol. The Morgan fingerprint density at radius 2 is 2.00 bits per heavy atom. The van der Waals surface area contributed by atoms with Crippen LogP contribution in [0.5, 0.6) is 0 Å². The Labute approximate surface area is 113 Å². The summed E-state index contributed by atoms with van der Waals surface area (Å²) in [4.78, 5) is 11.3. The predicted octanol–water partition coefficient (Wildman–Crippen LogP) is 1.83. The molecule has 2 aliphatic rings. The van der Waals surface area contributed by atoms with Crippen LogP contribution in [0.4, 0.5) is 0 Å². The van der Waals surface area contributed by atoms with Crippen LogP contribution < -0.4 is 0 Å². The molecule has 3 rings (SSSR count). The molecule has 0 spiro atoms. The first-order valence-corrected chi connectivity index (χ1v) is 7.19. The quantitative estimate of drug-likeness (QED) is 0.775. The molecule has 0 amide bonds. The number of esters is 1. The highest BCUT2D eigenvalue weighted by molar-refractivity contribution is 7.87. The molecular weight excluding hydrogens is 264 g/mol. The lowest BCUT2D eigenvalue weighted by Gasteiger charge is -2.27. The van der Waals surface area contributed by atoms with E-state index in [1.54, 1.807) is 12.1 Å². The van der Waals surface area contributed by atoms with E-state index in [1.807, 2.05) is 26.0 Å². The molecule has 0 bridgehead atoms. The predicted molar refractivity (Wildman–Crippen MR) is 69.1 cm³/mol. The summed E-state index contributed by atoms with van der Waals surface area (Å²) in [6, 6.07) is 7.27. The first-order valence-electron chi connectivity index (χ1n) is 6.04. The third kappa shape index (κ3) is 1.52. The highest BCUT2D eigenvalue weighted by Gasteiger charge is 2.68. The summed E-state index contributed by atoms with van der Waals surface area (Å²) in [5.41, 5.74) is 0.461. The smallest absolute Gasteiger partial charge is 0.350 e. The Morgan fingerprint density at radius 3 is 2.68 bits per heavy atom. The molecule has 0 unspecified atom stereocenters. The molecule has 1 aromatic carbocycles. The summed E-state index contributed by atoms with van der Waals surface area (Å²) in [6.45, 7) is 4.39. The zero-order chi connectivity index (χ0) is 13.7. The maximum Gasteiger partial charge on any atom is 0.350 e. The minimum Gasteiger partial charge on any atom is -0.462 e. The van der Waals surface area contributed by atoms with Gasteiger partial charge in [0.05, 0.1) is 22.8 Å². The molecule has 0 N–H and O–H groups in total. The van der Waals surface area contributed by atoms with Gasteiger partial charge in [-0.15, -0.1) is 0 Å². The van der Waals surface area contributed by atoms with E-state index >= 15 is 0 Å². The van der Waals surface area contributed by atoms with Crippen LogP contribution in [0.25, 0.3) is 0 Å². The van der Waals surface area contributed by atoms with Crippen molar-refractivity contribution in [2.45, 2.75) is 23.6 Å². The maximum absolute atomic E-state index is 12.8. The summed E-state index contributed by atoms with van der Waals surface area (Å²) in [7, 11) is -1.60. The fourth-order valence-electron chi connectivity index (χ4n) is 2.44. The SMILES string of the molecule is Cc1ccc([S@](=O)[C@]23N=NC[C@@]2(C)COC3=O)cc1. The van der Waals surface area contributed by atoms with Crippen molar-refractivity contribution in [3.05, 3.63) is 29.8 Å². The number of rotatable bonds is 2. The van der Waals surface area contributed by atoms with E-state index < -0.39 is 27.1 Å². The largest absolute Gasteiger partial charge is 0.462 e.